The normalized spacial score (nSPS) is 23.2. The molecule has 3 heteroatoms. The molecular formula is C13H28N2O. The van der Waals surface area contributed by atoms with Crippen molar-refractivity contribution in [2.45, 2.75) is 58.7 Å². The van der Waals surface area contributed by atoms with Gasteiger partial charge < -0.3 is 10.1 Å². The van der Waals surface area contributed by atoms with Gasteiger partial charge in [-0.15, -0.1) is 0 Å². The van der Waals surface area contributed by atoms with Crippen LogP contribution in [0.1, 0.15) is 41.0 Å². The first kappa shape index (κ1) is 13.9. The lowest BCUT2D eigenvalue weighted by atomic mass is 10.1. The van der Waals surface area contributed by atoms with Gasteiger partial charge in [-0.05, 0) is 47.6 Å². The SMILES string of the molecule is CC(C)OCCN1CC[C@H](NC(C)(C)C)C1. The van der Waals surface area contributed by atoms with Crippen LogP contribution in [0.5, 0.6) is 0 Å². The number of rotatable bonds is 5. The van der Waals surface area contributed by atoms with Crippen LogP contribution in [0.15, 0.2) is 0 Å². The molecule has 1 rings (SSSR count). The van der Waals surface area contributed by atoms with Crippen LogP contribution in [0, 0.1) is 0 Å². The summed E-state index contributed by atoms with van der Waals surface area (Å²) in [7, 11) is 0. The van der Waals surface area contributed by atoms with Gasteiger partial charge >= 0.3 is 0 Å². The van der Waals surface area contributed by atoms with Crippen LogP contribution in [0.3, 0.4) is 0 Å². The van der Waals surface area contributed by atoms with Crippen molar-refractivity contribution in [3.05, 3.63) is 0 Å². The zero-order valence-electron chi connectivity index (χ0n) is 11.5. The fourth-order valence-electron chi connectivity index (χ4n) is 2.18. The Morgan fingerprint density at radius 2 is 2.06 bits per heavy atom. The molecule has 1 aliphatic heterocycles. The first-order chi connectivity index (χ1) is 7.37. The second kappa shape index (κ2) is 5.99. The van der Waals surface area contributed by atoms with Gasteiger partial charge in [-0.1, -0.05) is 0 Å². The van der Waals surface area contributed by atoms with E-state index in [1.54, 1.807) is 0 Å². The summed E-state index contributed by atoms with van der Waals surface area (Å²) in [6.07, 6.45) is 1.62. The summed E-state index contributed by atoms with van der Waals surface area (Å²) in [6.45, 7) is 15.2. The highest BCUT2D eigenvalue weighted by Gasteiger charge is 2.25. The Labute approximate surface area is 101 Å². The number of ether oxygens (including phenoxy) is 1. The van der Waals surface area contributed by atoms with Crippen LogP contribution in [-0.4, -0.2) is 48.8 Å². The number of nitrogens with one attached hydrogen (secondary N) is 1. The standard InChI is InChI=1S/C13H28N2O/c1-11(2)16-9-8-15-7-6-12(10-15)14-13(3,4)5/h11-12,14H,6-10H2,1-5H3/t12-/m0/s1. The first-order valence-corrected chi connectivity index (χ1v) is 6.48. The minimum atomic E-state index is 0.231. The molecule has 0 radical (unpaired) electrons. The fourth-order valence-corrected chi connectivity index (χ4v) is 2.18. The van der Waals surface area contributed by atoms with E-state index in [-0.39, 0.29) is 5.54 Å². The second-order valence-electron chi connectivity index (χ2n) is 6.10. The van der Waals surface area contributed by atoms with E-state index < -0.39 is 0 Å². The quantitative estimate of drug-likeness (QED) is 0.777. The van der Waals surface area contributed by atoms with E-state index in [1.807, 2.05) is 0 Å². The van der Waals surface area contributed by atoms with E-state index in [0.717, 1.165) is 13.2 Å². The molecule has 1 aliphatic rings. The average molecular weight is 228 g/mol. The van der Waals surface area contributed by atoms with Crippen LogP contribution in [0.2, 0.25) is 0 Å². The van der Waals surface area contributed by atoms with E-state index in [2.05, 4.69) is 44.8 Å². The van der Waals surface area contributed by atoms with Gasteiger partial charge in [-0.3, -0.25) is 4.90 Å². The van der Waals surface area contributed by atoms with Gasteiger partial charge in [0.25, 0.3) is 0 Å². The highest BCUT2D eigenvalue weighted by Crippen LogP contribution is 2.12. The van der Waals surface area contributed by atoms with Crippen molar-refractivity contribution in [2.24, 2.45) is 0 Å². The smallest absolute Gasteiger partial charge is 0.0596 e. The minimum absolute atomic E-state index is 0.231. The van der Waals surface area contributed by atoms with Gasteiger partial charge in [0.05, 0.1) is 12.7 Å². The van der Waals surface area contributed by atoms with Crippen molar-refractivity contribution in [2.75, 3.05) is 26.2 Å². The monoisotopic (exact) mass is 228 g/mol. The van der Waals surface area contributed by atoms with Crippen LogP contribution in [-0.2, 0) is 4.74 Å². The third-order valence-corrected chi connectivity index (χ3v) is 2.77. The van der Waals surface area contributed by atoms with Crippen LogP contribution in [0.25, 0.3) is 0 Å². The zero-order valence-corrected chi connectivity index (χ0v) is 11.5. The second-order valence-corrected chi connectivity index (χ2v) is 6.10. The molecule has 1 N–H and O–H groups in total. The maximum Gasteiger partial charge on any atom is 0.0596 e. The Balaban J connectivity index is 2.15. The molecule has 0 unspecified atom stereocenters. The van der Waals surface area contributed by atoms with Gasteiger partial charge in [0.1, 0.15) is 0 Å². The van der Waals surface area contributed by atoms with Gasteiger partial charge in [0, 0.05) is 24.7 Å². The zero-order chi connectivity index (χ0) is 12.2. The molecule has 1 fully saturated rings. The molecule has 0 aromatic heterocycles. The molecule has 1 saturated heterocycles. The van der Waals surface area contributed by atoms with E-state index in [9.17, 15) is 0 Å². The molecule has 0 saturated carbocycles. The summed E-state index contributed by atoms with van der Waals surface area (Å²) in [5, 5.41) is 3.66. The minimum Gasteiger partial charge on any atom is -0.377 e. The topological polar surface area (TPSA) is 24.5 Å². The Morgan fingerprint density at radius 3 is 2.62 bits per heavy atom. The number of likely N-dealkylation sites (tertiary alicyclic amines) is 1. The maximum absolute atomic E-state index is 5.58. The molecule has 1 heterocycles. The fraction of sp³-hybridized carbons (Fsp3) is 1.00. The highest BCUT2D eigenvalue weighted by molar-refractivity contribution is 4.85. The molecule has 0 amide bonds. The molecule has 0 spiro atoms. The van der Waals surface area contributed by atoms with Crippen molar-refractivity contribution < 1.29 is 4.74 Å². The van der Waals surface area contributed by atoms with Gasteiger partial charge in [-0.2, -0.15) is 0 Å². The van der Waals surface area contributed by atoms with Crippen LogP contribution < -0.4 is 5.32 Å². The van der Waals surface area contributed by atoms with Gasteiger partial charge in [-0.25, -0.2) is 0 Å². The number of hydrogen-bond donors (Lipinski definition) is 1. The van der Waals surface area contributed by atoms with E-state index in [4.69, 9.17) is 4.74 Å². The van der Waals surface area contributed by atoms with Gasteiger partial charge in [0.15, 0.2) is 0 Å². The molecule has 0 bridgehead atoms. The molecule has 0 aliphatic carbocycles. The molecule has 3 nitrogen and oxygen atoms in total. The highest BCUT2D eigenvalue weighted by atomic mass is 16.5. The third-order valence-electron chi connectivity index (χ3n) is 2.77. The molecular weight excluding hydrogens is 200 g/mol. The molecule has 96 valence electrons. The first-order valence-electron chi connectivity index (χ1n) is 6.48. The lowest BCUT2D eigenvalue weighted by molar-refractivity contribution is 0.0630. The Kier molecular flexibility index (Phi) is 5.22. The lowest BCUT2D eigenvalue weighted by Gasteiger charge is -2.26. The Bertz CT molecular complexity index is 199. The summed E-state index contributed by atoms with van der Waals surface area (Å²) in [6, 6.07) is 0.652. The molecule has 16 heavy (non-hydrogen) atoms. The van der Waals surface area contributed by atoms with Crippen molar-refractivity contribution in [1.29, 1.82) is 0 Å². The predicted octanol–water partition coefficient (Wildman–Crippen LogP) is 1.87. The summed E-state index contributed by atoms with van der Waals surface area (Å²) in [4.78, 5) is 2.49. The van der Waals surface area contributed by atoms with Gasteiger partial charge in [0.2, 0.25) is 0 Å². The van der Waals surface area contributed by atoms with E-state index in [0.29, 0.717) is 12.1 Å². The largest absolute Gasteiger partial charge is 0.377 e. The van der Waals surface area contributed by atoms with Crippen molar-refractivity contribution in [3.8, 4) is 0 Å². The van der Waals surface area contributed by atoms with E-state index >= 15 is 0 Å². The van der Waals surface area contributed by atoms with Crippen LogP contribution >= 0.6 is 0 Å². The predicted molar refractivity (Wildman–Crippen MR) is 68.8 cm³/mol. The lowest BCUT2D eigenvalue weighted by Crippen LogP contribution is -2.45. The number of hydrogen-bond acceptors (Lipinski definition) is 3. The summed E-state index contributed by atoms with van der Waals surface area (Å²) >= 11 is 0. The summed E-state index contributed by atoms with van der Waals surface area (Å²) < 4.78 is 5.58. The van der Waals surface area contributed by atoms with Crippen molar-refractivity contribution >= 4 is 0 Å². The third kappa shape index (κ3) is 5.83. The molecule has 0 aromatic carbocycles. The number of nitrogens with zero attached hydrogens (tertiary/aromatic N) is 1. The average Bonchev–Trinajstić information content (AvgIpc) is 2.48. The van der Waals surface area contributed by atoms with Crippen molar-refractivity contribution in [1.82, 2.24) is 10.2 Å². The Hall–Kier alpha value is -0.120. The molecule has 0 aromatic rings. The molecule has 1 atom stereocenters. The van der Waals surface area contributed by atoms with Crippen LogP contribution in [0.4, 0.5) is 0 Å². The summed E-state index contributed by atoms with van der Waals surface area (Å²) in [5.74, 6) is 0. The summed E-state index contributed by atoms with van der Waals surface area (Å²) in [5.41, 5.74) is 0.231. The van der Waals surface area contributed by atoms with Crippen molar-refractivity contribution in [3.63, 3.8) is 0 Å². The Morgan fingerprint density at radius 1 is 1.38 bits per heavy atom. The maximum atomic E-state index is 5.58. The van der Waals surface area contributed by atoms with E-state index in [1.165, 1.54) is 19.5 Å².